The minimum absolute atomic E-state index is 0.114. The predicted octanol–water partition coefficient (Wildman–Crippen LogP) is 1.92. The smallest absolute Gasteiger partial charge is 0.320 e. The van der Waals surface area contributed by atoms with Gasteiger partial charge in [-0.3, -0.25) is 10.00 Å². The second-order valence-electron chi connectivity index (χ2n) is 5.00. The normalized spacial score (nSPS) is 12.2. The van der Waals surface area contributed by atoms with Crippen molar-refractivity contribution in [2.45, 2.75) is 32.4 Å². The van der Waals surface area contributed by atoms with Crippen molar-refractivity contribution < 1.29 is 4.79 Å². The molecule has 1 aromatic heterocycles. The third-order valence-electron chi connectivity index (χ3n) is 2.94. The Kier molecular flexibility index (Phi) is 6.79. The lowest BCUT2D eigenvalue weighted by atomic mass is 10.1. The SMILES string of the molecule is C=CCC(CC)NC(=O)Nc1ccn(CCN(C)C)n1. The summed E-state index contributed by atoms with van der Waals surface area (Å²) in [6.07, 6.45) is 5.31. The fourth-order valence-electron chi connectivity index (χ4n) is 1.72. The summed E-state index contributed by atoms with van der Waals surface area (Å²) < 4.78 is 1.82. The van der Waals surface area contributed by atoms with Crippen LogP contribution in [0.15, 0.2) is 24.9 Å². The van der Waals surface area contributed by atoms with Crippen LogP contribution in [0.2, 0.25) is 0 Å². The van der Waals surface area contributed by atoms with E-state index in [9.17, 15) is 4.79 Å². The van der Waals surface area contributed by atoms with E-state index in [2.05, 4.69) is 27.2 Å². The molecule has 1 heterocycles. The molecular weight excluding hydrogens is 254 g/mol. The molecule has 0 radical (unpaired) electrons. The molecule has 6 heteroatoms. The molecule has 0 bridgehead atoms. The van der Waals surface area contributed by atoms with Crippen LogP contribution in [0.3, 0.4) is 0 Å². The maximum absolute atomic E-state index is 11.8. The van der Waals surface area contributed by atoms with Crippen molar-refractivity contribution in [3.63, 3.8) is 0 Å². The number of hydrogen-bond donors (Lipinski definition) is 2. The van der Waals surface area contributed by atoms with Gasteiger partial charge in [0.15, 0.2) is 5.82 Å². The summed E-state index contributed by atoms with van der Waals surface area (Å²) in [5, 5.41) is 9.94. The summed E-state index contributed by atoms with van der Waals surface area (Å²) in [6.45, 7) is 7.42. The Morgan fingerprint density at radius 3 is 2.95 bits per heavy atom. The highest BCUT2D eigenvalue weighted by atomic mass is 16.2. The number of rotatable bonds is 8. The molecule has 0 saturated heterocycles. The Bertz CT molecular complexity index is 427. The van der Waals surface area contributed by atoms with Crippen LogP contribution < -0.4 is 10.6 Å². The van der Waals surface area contributed by atoms with Crippen LogP contribution in [-0.2, 0) is 6.54 Å². The molecule has 0 aliphatic carbocycles. The average Bonchev–Trinajstić information content (AvgIpc) is 2.83. The van der Waals surface area contributed by atoms with Gasteiger partial charge in [0, 0.05) is 24.8 Å². The predicted molar refractivity (Wildman–Crippen MR) is 81.8 cm³/mol. The first-order valence-corrected chi connectivity index (χ1v) is 6.91. The first-order chi connectivity index (χ1) is 9.55. The molecule has 0 aliphatic heterocycles. The summed E-state index contributed by atoms with van der Waals surface area (Å²) in [5.41, 5.74) is 0. The van der Waals surface area contributed by atoms with Gasteiger partial charge < -0.3 is 10.2 Å². The van der Waals surface area contributed by atoms with Crippen LogP contribution in [0.5, 0.6) is 0 Å². The Morgan fingerprint density at radius 2 is 2.35 bits per heavy atom. The minimum atomic E-state index is -0.225. The zero-order chi connectivity index (χ0) is 15.0. The summed E-state index contributed by atoms with van der Waals surface area (Å²) in [6, 6.07) is 1.68. The van der Waals surface area contributed by atoms with E-state index in [0.29, 0.717) is 5.82 Å². The highest BCUT2D eigenvalue weighted by Crippen LogP contribution is 2.04. The molecule has 0 aliphatic rings. The Hall–Kier alpha value is -1.82. The molecule has 2 amide bonds. The van der Waals surface area contributed by atoms with E-state index >= 15 is 0 Å². The number of likely N-dealkylation sites (N-methyl/N-ethyl adjacent to an activating group) is 1. The minimum Gasteiger partial charge on any atom is -0.335 e. The molecule has 0 saturated carbocycles. The van der Waals surface area contributed by atoms with Gasteiger partial charge in [-0.15, -0.1) is 6.58 Å². The van der Waals surface area contributed by atoms with Crippen LogP contribution in [0.25, 0.3) is 0 Å². The van der Waals surface area contributed by atoms with E-state index in [0.717, 1.165) is 25.9 Å². The number of carbonyl (C=O) groups is 1. The number of carbonyl (C=O) groups excluding carboxylic acids is 1. The Balaban J connectivity index is 2.43. The lowest BCUT2D eigenvalue weighted by Crippen LogP contribution is -2.37. The summed E-state index contributed by atoms with van der Waals surface area (Å²) in [4.78, 5) is 13.9. The van der Waals surface area contributed by atoms with Crippen LogP contribution in [0.4, 0.5) is 10.6 Å². The molecule has 20 heavy (non-hydrogen) atoms. The molecule has 112 valence electrons. The van der Waals surface area contributed by atoms with Gasteiger partial charge in [0.1, 0.15) is 0 Å². The number of anilines is 1. The largest absolute Gasteiger partial charge is 0.335 e. The van der Waals surface area contributed by atoms with E-state index < -0.39 is 0 Å². The van der Waals surface area contributed by atoms with Crippen molar-refractivity contribution in [2.75, 3.05) is 26.0 Å². The number of urea groups is 1. The first-order valence-electron chi connectivity index (χ1n) is 6.91. The topological polar surface area (TPSA) is 62.2 Å². The molecule has 0 aromatic carbocycles. The molecule has 1 atom stereocenters. The summed E-state index contributed by atoms with van der Waals surface area (Å²) >= 11 is 0. The zero-order valence-corrected chi connectivity index (χ0v) is 12.6. The van der Waals surface area contributed by atoms with Gasteiger partial charge >= 0.3 is 6.03 Å². The van der Waals surface area contributed by atoms with Gasteiger partial charge in [-0.2, -0.15) is 5.10 Å². The van der Waals surface area contributed by atoms with Gasteiger partial charge in [0.2, 0.25) is 0 Å². The third-order valence-corrected chi connectivity index (χ3v) is 2.94. The Morgan fingerprint density at radius 1 is 1.60 bits per heavy atom. The van der Waals surface area contributed by atoms with Gasteiger partial charge in [-0.05, 0) is 26.9 Å². The molecule has 0 spiro atoms. The van der Waals surface area contributed by atoms with Crippen LogP contribution in [0.1, 0.15) is 19.8 Å². The second kappa shape index (κ2) is 8.37. The molecule has 2 N–H and O–H groups in total. The quantitative estimate of drug-likeness (QED) is 0.715. The zero-order valence-electron chi connectivity index (χ0n) is 12.6. The van der Waals surface area contributed by atoms with Crippen LogP contribution >= 0.6 is 0 Å². The molecule has 0 fully saturated rings. The highest BCUT2D eigenvalue weighted by Gasteiger charge is 2.10. The molecule has 1 unspecified atom stereocenters. The van der Waals surface area contributed by atoms with E-state index in [-0.39, 0.29) is 12.1 Å². The fourth-order valence-corrected chi connectivity index (χ4v) is 1.72. The van der Waals surface area contributed by atoms with Crippen molar-refractivity contribution >= 4 is 11.8 Å². The van der Waals surface area contributed by atoms with Gasteiger partial charge in [-0.1, -0.05) is 13.0 Å². The standard InChI is InChI=1S/C14H25N5O/c1-5-7-12(6-2)15-14(20)16-13-8-9-19(17-13)11-10-18(3)4/h5,8-9,12H,1,6-7,10-11H2,2-4H3,(H2,15,16,17,20). The average molecular weight is 279 g/mol. The van der Waals surface area contributed by atoms with Crippen molar-refractivity contribution in [3.8, 4) is 0 Å². The highest BCUT2D eigenvalue weighted by molar-refractivity contribution is 5.88. The summed E-state index contributed by atoms with van der Waals surface area (Å²) in [7, 11) is 4.03. The number of hydrogen-bond acceptors (Lipinski definition) is 3. The van der Waals surface area contributed by atoms with Crippen molar-refractivity contribution in [3.05, 3.63) is 24.9 Å². The van der Waals surface area contributed by atoms with Gasteiger partial charge in [0.05, 0.1) is 6.54 Å². The van der Waals surface area contributed by atoms with Crippen LogP contribution in [0, 0.1) is 0 Å². The number of nitrogens with one attached hydrogen (secondary N) is 2. The fraction of sp³-hybridized carbons (Fsp3) is 0.571. The second-order valence-corrected chi connectivity index (χ2v) is 5.00. The van der Waals surface area contributed by atoms with Gasteiger partial charge in [0.25, 0.3) is 0 Å². The first kappa shape index (κ1) is 16.2. The lowest BCUT2D eigenvalue weighted by molar-refractivity contribution is 0.248. The number of aromatic nitrogens is 2. The van der Waals surface area contributed by atoms with Crippen molar-refractivity contribution in [1.29, 1.82) is 0 Å². The number of amides is 2. The summed E-state index contributed by atoms with van der Waals surface area (Å²) in [5.74, 6) is 0.565. The molecule has 6 nitrogen and oxygen atoms in total. The third kappa shape index (κ3) is 5.88. The van der Waals surface area contributed by atoms with E-state index in [4.69, 9.17) is 0 Å². The molecule has 1 aromatic rings. The van der Waals surface area contributed by atoms with Crippen molar-refractivity contribution in [2.24, 2.45) is 0 Å². The Labute approximate surface area is 120 Å². The maximum atomic E-state index is 11.8. The van der Waals surface area contributed by atoms with E-state index in [1.807, 2.05) is 38.0 Å². The molecular formula is C14H25N5O. The number of nitrogens with zero attached hydrogens (tertiary/aromatic N) is 3. The molecule has 1 rings (SSSR count). The lowest BCUT2D eigenvalue weighted by Gasteiger charge is -2.14. The van der Waals surface area contributed by atoms with Crippen molar-refractivity contribution in [1.82, 2.24) is 20.0 Å². The van der Waals surface area contributed by atoms with E-state index in [1.54, 1.807) is 6.07 Å². The van der Waals surface area contributed by atoms with Gasteiger partial charge in [-0.25, -0.2) is 4.79 Å². The monoisotopic (exact) mass is 279 g/mol. The van der Waals surface area contributed by atoms with Crippen LogP contribution in [-0.4, -0.2) is 47.4 Å². The maximum Gasteiger partial charge on any atom is 0.320 e. The van der Waals surface area contributed by atoms with E-state index in [1.165, 1.54) is 0 Å².